The van der Waals surface area contributed by atoms with Crippen molar-refractivity contribution in [1.29, 1.82) is 0 Å². The Balaban J connectivity index is 2.88. The van der Waals surface area contributed by atoms with Gasteiger partial charge in [-0.1, -0.05) is 0 Å². The average molecular weight is 270 g/mol. The zero-order chi connectivity index (χ0) is 14.3. The zero-order valence-corrected chi connectivity index (χ0v) is 12.5. The first kappa shape index (κ1) is 15.9. The minimum Gasteiger partial charge on any atom is -0.385 e. The summed E-state index contributed by atoms with van der Waals surface area (Å²) in [6.07, 6.45) is 0.967. The molecule has 0 unspecified atom stereocenters. The van der Waals surface area contributed by atoms with Crippen molar-refractivity contribution < 1.29 is 9.47 Å². The molecule has 0 amide bonds. The second-order valence-electron chi connectivity index (χ2n) is 4.54. The summed E-state index contributed by atoms with van der Waals surface area (Å²) in [5.41, 5.74) is 7.95. The van der Waals surface area contributed by atoms with Crippen molar-refractivity contribution in [3.63, 3.8) is 0 Å². The van der Waals surface area contributed by atoms with E-state index < -0.39 is 0 Å². The van der Waals surface area contributed by atoms with E-state index in [0.717, 1.165) is 43.2 Å². The standard InChI is InChI=1S/C13H26N4O2/c1-11-12(10-14)13(16(2)15-11)17(7-9-19-4)6-5-8-18-3/h5-10,14H2,1-4H3. The van der Waals surface area contributed by atoms with Crippen LogP contribution in [0.15, 0.2) is 0 Å². The van der Waals surface area contributed by atoms with Gasteiger partial charge in [0.2, 0.25) is 0 Å². The van der Waals surface area contributed by atoms with Gasteiger partial charge in [-0.05, 0) is 13.3 Å². The lowest BCUT2D eigenvalue weighted by molar-refractivity contribution is 0.190. The molecule has 1 aromatic rings. The monoisotopic (exact) mass is 270 g/mol. The van der Waals surface area contributed by atoms with E-state index in [-0.39, 0.29) is 0 Å². The Morgan fingerprint density at radius 2 is 1.89 bits per heavy atom. The number of nitrogens with zero attached hydrogens (tertiary/aromatic N) is 3. The molecule has 0 aliphatic heterocycles. The number of hydrogen-bond donors (Lipinski definition) is 1. The van der Waals surface area contributed by atoms with Gasteiger partial charge in [0.05, 0.1) is 12.3 Å². The molecule has 2 N–H and O–H groups in total. The summed E-state index contributed by atoms with van der Waals surface area (Å²) in [6.45, 7) is 5.66. The second-order valence-corrected chi connectivity index (χ2v) is 4.54. The number of methoxy groups -OCH3 is 2. The molecule has 0 aliphatic carbocycles. The first-order valence-corrected chi connectivity index (χ1v) is 6.61. The molecule has 0 bridgehead atoms. The van der Waals surface area contributed by atoms with E-state index in [9.17, 15) is 0 Å². The number of aryl methyl sites for hydroxylation is 2. The van der Waals surface area contributed by atoms with Gasteiger partial charge in [0, 0.05) is 53.1 Å². The Hall–Kier alpha value is -1.11. The first-order chi connectivity index (χ1) is 9.15. The Bertz CT molecular complexity index is 379. The lowest BCUT2D eigenvalue weighted by Gasteiger charge is -2.25. The van der Waals surface area contributed by atoms with Crippen molar-refractivity contribution in [3.8, 4) is 0 Å². The van der Waals surface area contributed by atoms with Crippen molar-refractivity contribution in [2.75, 3.05) is 45.4 Å². The summed E-state index contributed by atoms with van der Waals surface area (Å²) in [6, 6.07) is 0. The fraction of sp³-hybridized carbons (Fsp3) is 0.769. The van der Waals surface area contributed by atoms with E-state index in [0.29, 0.717) is 13.2 Å². The van der Waals surface area contributed by atoms with Crippen LogP contribution < -0.4 is 10.6 Å². The molecule has 1 aromatic heterocycles. The number of anilines is 1. The second kappa shape index (κ2) is 8.14. The molecule has 0 aliphatic rings. The summed E-state index contributed by atoms with van der Waals surface area (Å²) >= 11 is 0. The molecule has 0 radical (unpaired) electrons. The van der Waals surface area contributed by atoms with Crippen LogP contribution >= 0.6 is 0 Å². The molecule has 1 heterocycles. The van der Waals surface area contributed by atoms with Crippen LogP contribution in [0.3, 0.4) is 0 Å². The van der Waals surface area contributed by atoms with Crippen molar-refractivity contribution in [3.05, 3.63) is 11.3 Å². The number of nitrogens with two attached hydrogens (primary N) is 1. The van der Waals surface area contributed by atoms with Gasteiger partial charge in [-0.25, -0.2) is 0 Å². The topological polar surface area (TPSA) is 65.5 Å². The predicted molar refractivity (Wildman–Crippen MR) is 76.4 cm³/mol. The Morgan fingerprint density at radius 1 is 1.21 bits per heavy atom. The number of aromatic nitrogens is 2. The van der Waals surface area contributed by atoms with Gasteiger partial charge in [0.15, 0.2) is 0 Å². The van der Waals surface area contributed by atoms with Gasteiger partial charge in [-0.2, -0.15) is 5.10 Å². The average Bonchev–Trinajstić information content (AvgIpc) is 2.68. The van der Waals surface area contributed by atoms with Crippen LogP contribution in [-0.2, 0) is 23.1 Å². The summed E-state index contributed by atoms with van der Waals surface area (Å²) < 4.78 is 12.2. The quantitative estimate of drug-likeness (QED) is 0.668. The number of ether oxygens (including phenoxy) is 2. The minimum absolute atomic E-state index is 0.503. The van der Waals surface area contributed by atoms with Crippen molar-refractivity contribution in [1.82, 2.24) is 9.78 Å². The van der Waals surface area contributed by atoms with Gasteiger partial charge < -0.3 is 20.1 Å². The molecule has 0 fully saturated rings. The van der Waals surface area contributed by atoms with E-state index >= 15 is 0 Å². The van der Waals surface area contributed by atoms with E-state index in [2.05, 4.69) is 10.00 Å². The summed E-state index contributed by atoms with van der Waals surface area (Å²) in [7, 11) is 5.39. The maximum absolute atomic E-state index is 5.85. The van der Waals surface area contributed by atoms with Crippen LogP contribution in [0.1, 0.15) is 17.7 Å². The molecule has 19 heavy (non-hydrogen) atoms. The molecule has 0 spiro atoms. The van der Waals surface area contributed by atoms with Crippen LogP contribution in [0.4, 0.5) is 5.82 Å². The van der Waals surface area contributed by atoms with E-state index in [1.54, 1.807) is 14.2 Å². The predicted octanol–water partition coefficient (Wildman–Crippen LogP) is 0.677. The highest BCUT2D eigenvalue weighted by Gasteiger charge is 2.18. The molecule has 0 saturated carbocycles. The number of hydrogen-bond acceptors (Lipinski definition) is 5. The smallest absolute Gasteiger partial charge is 0.131 e. The third-order valence-electron chi connectivity index (χ3n) is 3.16. The van der Waals surface area contributed by atoms with Gasteiger partial charge in [0.1, 0.15) is 5.82 Å². The van der Waals surface area contributed by atoms with Crippen LogP contribution in [0, 0.1) is 6.92 Å². The van der Waals surface area contributed by atoms with Gasteiger partial charge in [-0.15, -0.1) is 0 Å². The fourth-order valence-electron chi connectivity index (χ4n) is 2.25. The summed E-state index contributed by atoms with van der Waals surface area (Å²) in [5.74, 6) is 1.09. The Kier molecular flexibility index (Phi) is 6.83. The van der Waals surface area contributed by atoms with E-state index in [1.165, 1.54) is 0 Å². The normalized spacial score (nSPS) is 11.0. The zero-order valence-electron chi connectivity index (χ0n) is 12.5. The maximum Gasteiger partial charge on any atom is 0.131 e. The molecule has 0 atom stereocenters. The van der Waals surface area contributed by atoms with Crippen molar-refractivity contribution in [2.24, 2.45) is 12.8 Å². The van der Waals surface area contributed by atoms with Crippen LogP contribution in [0.5, 0.6) is 0 Å². The largest absolute Gasteiger partial charge is 0.385 e. The van der Waals surface area contributed by atoms with Gasteiger partial charge in [0.25, 0.3) is 0 Å². The summed E-state index contributed by atoms with van der Waals surface area (Å²) in [4.78, 5) is 2.27. The molecule has 1 rings (SSSR count). The van der Waals surface area contributed by atoms with Crippen molar-refractivity contribution in [2.45, 2.75) is 19.9 Å². The third-order valence-corrected chi connectivity index (χ3v) is 3.16. The van der Waals surface area contributed by atoms with Crippen LogP contribution in [-0.4, -0.2) is 50.3 Å². The highest BCUT2D eigenvalue weighted by molar-refractivity contribution is 5.50. The molecule has 6 nitrogen and oxygen atoms in total. The Morgan fingerprint density at radius 3 is 2.47 bits per heavy atom. The molecule has 6 heteroatoms. The highest BCUT2D eigenvalue weighted by atomic mass is 16.5. The maximum atomic E-state index is 5.85. The SMILES string of the molecule is COCCCN(CCOC)c1c(CN)c(C)nn1C. The lowest BCUT2D eigenvalue weighted by atomic mass is 10.2. The van der Waals surface area contributed by atoms with Gasteiger partial charge >= 0.3 is 0 Å². The summed E-state index contributed by atoms with van der Waals surface area (Å²) in [5, 5.41) is 4.46. The fourth-order valence-corrected chi connectivity index (χ4v) is 2.25. The van der Waals surface area contributed by atoms with Crippen LogP contribution in [0.2, 0.25) is 0 Å². The minimum atomic E-state index is 0.503. The third kappa shape index (κ3) is 4.19. The molecular weight excluding hydrogens is 244 g/mol. The van der Waals surface area contributed by atoms with Crippen molar-refractivity contribution >= 4 is 5.82 Å². The van der Waals surface area contributed by atoms with E-state index in [1.807, 2.05) is 18.7 Å². The highest BCUT2D eigenvalue weighted by Crippen LogP contribution is 2.22. The number of rotatable bonds is 9. The van der Waals surface area contributed by atoms with E-state index in [4.69, 9.17) is 15.2 Å². The first-order valence-electron chi connectivity index (χ1n) is 6.61. The lowest BCUT2D eigenvalue weighted by Crippen LogP contribution is -2.31. The molecular formula is C13H26N4O2. The Labute approximate surface area is 115 Å². The molecule has 0 saturated heterocycles. The molecule has 110 valence electrons. The molecule has 0 aromatic carbocycles. The van der Waals surface area contributed by atoms with Gasteiger partial charge in [-0.3, -0.25) is 4.68 Å². The van der Waals surface area contributed by atoms with Crippen LogP contribution in [0.25, 0.3) is 0 Å².